The van der Waals surface area contributed by atoms with Crippen molar-refractivity contribution in [2.45, 2.75) is 32.1 Å². The predicted molar refractivity (Wildman–Crippen MR) is 102 cm³/mol. The van der Waals surface area contributed by atoms with Crippen LogP contribution >= 0.6 is 0 Å². The Morgan fingerprint density at radius 2 is 1.96 bits per heavy atom. The normalized spacial score (nSPS) is 16.5. The Morgan fingerprint density at radius 3 is 2.68 bits per heavy atom. The average molecular weight is 385 g/mol. The van der Waals surface area contributed by atoms with Gasteiger partial charge in [-0.1, -0.05) is 24.3 Å². The number of amides is 1. The van der Waals surface area contributed by atoms with Crippen molar-refractivity contribution in [3.63, 3.8) is 0 Å². The molecule has 28 heavy (non-hydrogen) atoms. The van der Waals surface area contributed by atoms with E-state index in [-0.39, 0.29) is 5.91 Å². The number of hydrogen-bond donors (Lipinski definition) is 2. The smallest absolute Gasteiger partial charge is 0.333 e. The molecule has 1 heterocycles. The van der Waals surface area contributed by atoms with Gasteiger partial charge < -0.3 is 24.6 Å². The lowest BCUT2D eigenvalue weighted by atomic mass is 10.1. The molecule has 0 radical (unpaired) electrons. The number of carbonyl (C=O) groups is 2. The maximum Gasteiger partial charge on any atom is 0.333 e. The van der Waals surface area contributed by atoms with E-state index in [2.05, 4.69) is 5.32 Å². The molecule has 7 heteroatoms. The molecule has 2 unspecified atom stereocenters. The third-order valence-corrected chi connectivity index (χ3v) is 4.33. The summed E-state index contributed by atoms with van der Waals surface area (Å²) in [6.45, 7) is 2.48. The van der Waals surface area contributed by atoms with Gasteiger partial charge in [-0.2, -0.15) is 0 Å². The molecule has 0 aromatic heterocycles. The zero-order chi connectivity index (χ0) is 19.9. The number of para-hydroxylation sites is 1. The first kappa shape index (κ1) is 19.7. The maximum atomic E-state index is 12.1. The first-order valence-corrected chi connectivity index (χ1v) is 9.19. The van der Waals surface area contributed by atoms with Crippen LogP contribution in [0.25, 0.3) is 0 Å². The van der Waals surface area contributed by atoms with Crippen LogP contribution in [0.3, 0.4) is 0 Å². The van der Waals surface area contributed by atoms with Crippen molar-refractivity contribution in [2.24, 2.45) is 0 Å². The molecule has 1 amide bonds. The number of rotatable bonds is 9. The van der Waals surface area contributed by atoms with E-state index in [0.717, 1.165) is 5.56 Å². The number of ether oxygens (including phenoxy) is 3. The van der Waals surface area contributed by atoms with Crippen molar-refractivity contribution in [3.05, 3.63) is 59.7 Å². The van der Waals surface area contributed by atoms with Gasteiger partial charge in [-0.05, 0) is 36.8 Å². The highest BCUT2D eigenvalue weighted by molar-refractivity contribution is 5.97. The second-order valence-electron chi connectivity index (χ2n) is 6.34. The van der Waals surface area contributed by atoms with Gasteiger partial charge in [-0.25, -0.2) is 4.79 Å². The van der Waals surface area contributed by atoms with E-state index >= 15 is 0 Å². The van der Waals surface area contributed by atoms with Gasteiger partial charge in [0.15, 0.2) is 12.3 Å². The zero-order valence-corrected chi connectivity index (χ0v) is 15.6. The molecule has 1 aliphatic rings. The van der Waals surface area contributed by atoms with Crippen LogP contribution in [-0.4, -0.2) is 42.5 Å². The van der Waals surface area contributed by atoms with Gasteiger partial charge in [0.2, 0.25) is 0 Å². The average Bonchev–Trinajstić information content (AvgIpc) is 2.69. The molecule has 0 saturated carbocycles. The standard InChI is InChI=1S/C21H23NO6/c1-2-26-18(21(24)25)13-14-7-9-15(10-8-14)27-12-11-19-22-20(23)16-5-3-4-6-17(16)28-19/h3-10,18-19H,2,11-13H2,1H3,(H,22,23)(H,24,25). The fourth-order valence-corrected chi connectivity index (χ4v) is 2.93. The molecule has 1 aliphatic heterocycles. The van der Waals surface area contributed by atoms with E-state index in [9.17, 15) is 9.59 Å². The molecule has 0 saturated heterocycles. The molecular weight excluding hydrogens is 362 g/mol. The second kappa shape index (κ2) is 9.23. The van der Waals surface area contributed by atoms with Gasteiger partial charge in [-0.15, -0.1) is 0 Å². The number of carbonyl (C=O) groups excluding carboxylic acids is 1. The number of carboxylic acids is 1. The summed E-state index contributed by atoms with van der Waals surface area (Å²) in [6.07, 6.45) is -0.506. The number of carboxylic acid groups (broad SMARTS) is 1. The summed E-state index contributed by atoms with van der Waals surface area (Å²) < 4.78 is 16.7. The van der Waals surface area contributed by atoms with E-state index in [1.54, 1.807) is 37.3 Å². The Bertz CT molecular complexity index is 820. The van der Waals surface area contributed by atoms with Crippen LogP contribution in [0.1, 0.15) is 29.3 Å². The highest BCUT2D eigenvalue weighted by Gasteiger charge is 2.24. The SMILES string of the molecule is CCOC(Cc1ccc(OCCC2NC(=O)c3ccccc3O2)cc1)C(=O)O. The van der Waals surface area contributed by atoms with E-state index < -0.39 is 18.3 Å². The topological polar surface area (TPSA) is 94.1 Å². The van der Waals surface area contributed by atoms with Crippen LogP contribution in [0.4, 0.5) is 0 Å². The summed E-state index contributed by atoms with van der Waals surface area (Å²) >= 11 is 0. The Labute approximate surface area is 163 Å². The van der Waals surface area contributed by atoms with Crippen molar-refractivity contribution in [3.8, 4) is 11.5 Å². The molecule has 7 nitrogen and oxygen atoms in total. The van der Waals surface area contributed by atoms with Gasteiger partial charge >= 0.3 is 5.97 Å². The number of benzene rings is 2. The fraction of sp³-hybridized carbons (Fsp3) is 0.333. The largest absolute Gasteiger partial charge is 0.493 e. The van der Waals surface area contributed by atoms with E-state index in [0.29, 0.717) is 43.1 Å². The summed E-state index contributed by atoms with van der Waals surface area (Å²) in [4.78, 5) is 23.2. The van der Waals surface area contributed by atoms with Crippen LogP contribution < -0.4 is 14.8 Å². The zero-order valence-electron chi connectivity index (χ0n) is 15.6. The van der Waals surface area contributed by atoms with Gasteiger partial charge in [-0.3, -0.25) is 4.79 Å². The van der Waals surface area contributed by atoms with Crippen molar-refractivity contribution in [1.82, 2.24) is 5.32 Å². The van der Waals surface area contributed by atoms with Crippen LogP contribution in [-0.2, 0) is 16.0 Å². The lowest BCUT2D eigenvalue weighted by Gasteiger charge is -2.26. The molecule has 2 aromatic carbocycles. The third kappa shape index (κ3) is 5.01. The lowest BCUT2D eigenvalue weighted by Crippen LogP contribution is -2.44. The summed E-state index contributed by atoms with van der Waals surface area (Å²) in [7, 11) is 0. The maximum absolute atomic E-state index is 12.1. The monoisotopic (exact) mass is 385 g/mol. The molecule has 148 valence electrons. The minimum absolute atomic E-state index is 0.154. The van der Waals surface area contributed by atoms with Gasteiger partial charge in [0, 0.05) is 19.4 Å². The van der Waals surface area contributed by atoms with Gasteiger partial charge in [0.05, 0.1) is 12.2 Å². The first-order chi connectivity index (χ1) is 13.6. The summed E-state index contributed by atoms with van der Waals surface area (Å²) in [6, 6.07) is 14.3. The minimum Gasteiger partial charge on any atom is -0.493 e. The van der Waals surface area contributed by atoms with E-state index in [1.807, 2.05) is 18.2 Å². The van der Waals surface area contributed by atoms with Crippen molar-refractivity contribution < 1.29 is 28.9 Å². The fourth-order valence-electron chi connectivity index (χ4n) is 2.93. The Hall–Kier alpha value is -3.06. The molecule has 2 aromatic rings. The molecule has 2 N–H and O–H groups in total. The summed E-state index contributed by atoms with van der Waals surface area (Å²) in [5.74, 6) is 0.106. The summed E-state index contributed by atoms with van der Waals surface area (Å²) in [5.41, 5.74) is 1.38. The Morgan fingerprint density at radius 1 is 1.21 bits per heavy atom. The van der Waals surface area contributed by atoms with Gasteiger partial charge in [0.25, 0.3) is 5.91 Å². The first-order valence-electron chi connectivity index (χ1n) is 9.19. The predicted octanol–water partition coefficient (Wildman–Crippen LogP) is 2.64. The van der Waals surface area contributed by atoms with Crippen LogP contribution in [0, 0.1) is 0 Å². The lowest BCUT2D eigenvalue weighted by molar-refractivity contribution is -0.149. The summed E-state index contributed by atoms with van der Waals surface area (Å²) in [5, 5.41) is 12.0. The van der Waals surface area contributed by atoms with Crippen LogP contribution in [0.15, 0.2) is 48.5 Å². The molecule has 3 rings (SSSR count). The highest BCUT2D eigenvalue weighted by atomic mass is 16.5. The highest BCUT2D eigenvalue weighted by Crippen LogP contribution is 2.23. The third-order valence-electron chi connectivity index (χ3n) is 4.33. The minimum atomic E-state index is -0.974. The van der Waals surface area contributed by atoms with Crippen LogP contribution in [0.5, 0.6) is 11.5 Å². The van der Waals surface area contributed by atoms with E-state index in [4.69, 9.17) is 19.3 Å². The molecule has 0 fully saturated rings. The Kier molecular flexibility index (Phi) is 6.49. The van der Waals surface area contributed by atoms with Crippen LogP contribution in [0.2, 0.25) is 0 Å². The van der Waals surface area contributed by atoms with Gasteiger partial charge in [0.1, 0.15) is 11.5 Å². The van der Waals surface area contributed by atoms with Crippen molar-refractivity contribution in [1.29, 1.82) is 0 Å². The Balaban J connectivity index is 1.48. The van der Waals surface area contributed by atoms with Crippen molar-refractivity contribution in [2.75, 3.05) is 13.2 Å². The number of hydrogen-bond acceptors (Lipinski definition) is 5. The molecule has 0 aliphatic carbocycles. The molecule has 0 spiro atoms. The van der Waals surface area contributed by atoms with Crippen molar-refractivity contribution >= 4 is 11.9 Å². The molecular formula is C21H23NO6. The molecule has 2 atom stereocenters. The molecule has 0 bridgehead atoms. The number of fused-ring (bicyclic) bond motifs is 1. The quantitative estimate of drug-likeness (QED) is 0.689. The number of nitrogens with one attached hydrogen (secondary N) is 1. The second-order valence-corrected chi connectivity index (χ2v) is 6.34. The number of aliphatic carboxylic acids is 1. The van der Waals surface area contributed by atoms with E-state index in [1.165, 1.54) is 0 Å².